The number of ether oxygens (including phenoxy) is 2. The highest BCUT2D eigenvalue weighted by molar-refractivity contribution is 4.87. The quantitative estimate of drug-likeness (QED) is 0.453. The molecule has 12 heavy (non-hydrogen) atoms. The largest absolute Gasteiger partial charge is 0.387 e. The fourth-order valence-corrected chi connectivity index (χ4v) is 1.35. The van der Waals surface area contributed by atoms with Crippen molar-refractivity contribution in [3.63, 3.8) is 0 Å². The third kappa shape index (κ3) is 1.60. The van der Waals surface area contributed by atoms with E-state index in [1.807, 2.05) is 0 Å². The van der Waals surface area contributed by atoms with Crippen LogP contribution < -0.4 is 0 Å². The normalized spacial score (nSPS) is 49.2. The van der Waals surface area contributed by atoms with Crippen molar-refractivity contribution in [3.8, 4) is 0 Å². The summed E-state index contributed by atoms with van der Waals surface area (Å²) in [4.78, 5) is 0. The fourth-order valence-electron chi connectivity index (χ4n) is 1.35. The molecular weight excluding hydrogens is 164 g/mol. The summed E-state index contributed by atoms with van der Waals surface area (Å²) >= 11 is 0. The number of hydrogen-bond acceptors (Lipinski definition) is 5. The van der Waals surface area contributed by atoms with Crippen LogP contribution in [0.2, 0.25) is 0 Å². The van der Waals surface area contributed by atoms with Crippen LogP contribution in [0.3, 0.4) is 0 Å². The van der Waals surface area contributed by atoms with Gasteiger partial charge in [0, 0.05) is 7.11 Å². The maximum absolute atomic E-state index is 9.36. The molecule has 1 fully saturated rings. The lowest BCUT2D eigenvalue weighted by atomic mass is 10.00. The molecule has 1 heterocycles. The minimum Gasteiger partial charge on any atom is -0.387 e. The van der Waals surface area contributed by atoms with Crippen LogP contribution in [-0.4, -0.2) is 53.1 Å². The molecule has 2 unspecified atom stereocenters. The van der Waals surface area contributed by atoms with E-state index in [2.05, 4.69) is 0 Å². The van der Waals surface area contributed by atoms with Gasteiger partial charge in [-0.2, -0.15) is 0 Å². The van der Waals surface area contributed by atoms with Crippen molar-refractivity contribution in [2.75, 3.05) is 7.11 Å². The monoisotopic (exact) mass is 178 g/mol. The van der Waals surface area contributed by atoms with Gasteiger partial charge in [0.15, 0.2) is 6.29 Å². The van der Waals surface area contributed by atoms with E-state index in [0.29, 0.717) is 0 Å². The summed E-state index contributed by atoms with van der Waals surface area (Å²) in [6.07, 6.45) is -4.76. The molecule has 1 aliphatic rings. The SMILES string of the molecule is CO[C@@H]1C(C)O[C@@H](O)C(O)[C@H]1O. The van der Waals surface area contributed by atoms with Crippen LogP contribution in [0.4, 0.5) is 0 Å². The third-order valence-electron chi connectivity index (χ3n) is 2.07. The molecule has 1 aliphatic heterocycles. The van der Waals surface area contributed by atoms with Crippen LogP contribution in [-0.2, 0) is 9.47 Å². The molecule has 0 amide bonds. The van der Waals surface area contributed by atoms with Gasteiger partial charge in [-0.15, -0.1) is 0 Å². The van der Waals surface area contributed by atoms with E-state index < -0.39 is 30.7 Å². The summed E-state index contributed by atoms with van der Waals surface area (Å²) in [6, 6.07) is 0. The van der Waals surface area contributed by atoms with E-state index >= 15 is 0 Å². The molecular formula is C7H14O5. The van der Waals surface area contributed by atoms with Crippen molar-refractivity contribution in [3.05, 3.63) is 0 Å². The molecule has 1 rings (SSSR count). The van der Waals surface area contributed by atoms with Gasteiger partial charge in [-0.25, -0.2) is 0 Å². The second-order valence-electron chi connectivity index (χ2n) is 2.91. The molecule has 1 saturated heterocycles. The van der Waals surface area contributed by atoms with E-state index in [1.165, 1.54) is 7.11 Å². The van der Waals surface area contributed by atoms with Gasteiger partial charge in [0.25, 0.3) is 0 Å². The maximum Gasteiger partial charge on any atom is 0.183 e. The van der Waals surface area contributed by atoms with Gasteiger partial charge in [0.1, 0.15) is 18.3 Å². The Kier molecular flexibility index (Phi) is 3.03. The molecule has 5 heteroatoms. The first-order valence-corrected chi connectivity index (χ1v) is 3.80. The molecule has 0 bridgehead atoms. The minimum absolute atomic E-state index is 0.427. The minimum atomic E-state index is -1.33. The van der Waals surface area contributed by atoms with Crippen LogP contribution in [0.5, 0.6) is 0 Å². The highest BCUT2D eigenvalue weighted by Gasteiger charge is 2.41. The van der Waals surface area contributed by atoms with Crippen molar-refractivity contribution in [1.29, 1.82) is 0 Å². The molecule has 0 aromatic carbocycles. The molecule has 0 aromatic rings. The second kappa shape index (κ2) is 3.68. The first-order valence-electron chi connectivity index (χ1n) is 3.80. The van der Waals surface area contributed by atoms with Crippen LogP contribution >= 0.6 is 0 Å². The summed E-state index contributed by atoms with van der Waals surface area (Å²) in [6.45, 7) is 1.66. The number of rotatable bonds is 1. The van der Waals surface area contributed by atoms with Crippen molar-refractivity contribution < 1.29 is 24.8 Å². The zero-order valence-corrected chi connectivity index (χ0v) is 7.04. The predicted octanol–water partition coefficient (Wildman–Crippen LogP) is -1.54. The first kappa shape index (κ1) is 9.88. The smallest absolute Gasteiger partial charge is 0.183 e. The lowest BCUT2D eigenvalue weighted by Gasteiger charge is -2.38. The number of aliphatic hydroxyl groups is 3. The lowest BCUT2D eigenvalue weighted by Crippen LogP contribution is -2.57. The van der Waals surface area contributed by atoms with Gasteiger partial charge in [-0.3, -0.25) is 0 Å². The molecule has 0 aliphatic carbocycles. The zero-order valence-electron chi connectivity index (χ0n) is 7.04. The molecule has 0 aromatic heterocycles. The van der Waals surface area contributed by atoms with Gasteiger partial charge in [-0.05, 0) is 6.92 Å². The van der Waals surface area contributed by atoms with E-state index in [-0.39, 0.29) is 0 Å². The van der Waals surface area contributed by atoms with Crippen molar-refractivity contribution in [2.45, 2.75) is 37.6 Å². The summed E-state index contributed by atoms with van der Waals surface area (Å²) in [7, 11) is 1.41. The Hall–Kier alpha value is -0.200. The first-order chi connectivity index (χ1) is 5.57. The molecule has 5 atom stereocenters. The van der Waals surface area contributed by atoms with Gasteiger partial charge < -0.3 is 24.8 Å². The Bertz CT molecular complexity index is 151. The lowest BCUT2D eigenvalue weighted by molar-refractivity contribution is -0.281. The molecule has 5 nitrogen and oxygen atoms in total. The van der Waals surface area contributed by atoms with Crippen LogP contribution in [0.15, 0.2) is 0 Å². The topological polar surface area (TPSA) is 79.2 Å². The number of aliphatic hydroxyl groups excluding tert-OH is 3. The van der Waals surface area contributed by atoms with Crippen LogP contribution in [0, 0.1) is 0 Å². The van der Waals surface area contributed by atoms with Gasteiger partial charge >= 0.3 is 0 Å². The summed E-state index contributed by atoms with van der Waals surface area (Å²) in [5.41, 5.74) is 0. The highest BCUT2D eigenvalue weighted by atomic mass is 16.6. The van der Waals surface area contributed by atoms with E-state index in [1.54, 1.807) is 6.92 Å². The Balaban J connectivity index is 2.65. The predicted molar refractivity (Wildman–Crippen MR) is 39.4 cm³/mol. The molecule has 72 valence electrons. The molecule has 0 radical (unpaired) electrons. The van der Waals surface area contributed by atoms with Crippen LogP contribution in [0.25, 0.3) is 0 Å². The van der Waals surface area contributed by atoms with Gasteiger partial charge in [0.2, 0.25) is 0 Å². The second-order valence-corrected chi connectivity index (χ2v) is 2.91. The Morgan fingerprint density at radius 3 is 2.25 bits per heavy atom. The van der Waals surface area contributed by atoms with Gasteiger partial charge in [-0.1, -0.05) is 0 Å². The summed E-state index contributed by atoms with van der Waals surface area (Å²) < 4.78 is 9.78. The summed E-state index contributed by atoms with van der Waals surface area (Å²) in [5, 5.41) is 27.6. The standard InChI is InChI=1S/C7H14O5/c1-3-6(11-2)4(8)5(9)7(10)12-3/h3-10H,1-2H3/t3?,4-,5?,6-,7-/m1/s1. The van der Waals surface area contributed by atoms with E-state index in [9.17, 15) is 5.11 Å². The average molecular weight is 178 g/mol. The van der Waals surface area contributed by atoms with Crippen molar-refractivity contribution in [2.24, 2.45) is 0 Å². The van der Waals surface area contributed by atoms with Gasteiger partial charge in [0.05, 0.1) is 6.10 Å². The number of hydrogen-bond donors (Lipinski definition) is 3. The summed E-state index contributed by atoms with van der Waals surface area (Å²) in [5.74, 6) is 0. The third-order valence-corrected chi connectivity index (χ3v) is 2.07. The van der Waals surface area contributed by atoms with E-state index in [4.69, 9.17) is 19.7 Å². The Morgan fingerprint density at radius 1 is 1.17 bits per heavy atom. The number of methoxy groups -OCH3 is 1. The van der Waals surface area contributed by atoms with Crippen LogP contribution in [0.1, 0.15) is 6.92 Å². The van der Waals surface area contributed by atoms with Crippen molar-refractivity contribution >= 4 is 0 Å². The maximum atomic E-state index is 9.36. The van der Waals surface area contributed by atoms with E-state index in [0.717, 1.165) is 0 Å². The fraction of sp³-hybridized carbons (Fsp3) is 1.00. The molecule has 3 N–H and O–H groups in total. The molecule has 0 spiro atoms. The Morgan fingerprint density at radius 2 is 1.75 bits per heavy atom. The zero-order chi connectivity index (χ0) is 9.30. The molecule has 0 saturated carbocycles. The Labute approximate surface area is 70.5 Å². The highest BCUT2D eigenvalue weighted by Crippen LogP contribution is 2.21. The van der Waals surface area contributed by atoms with Crippen molar-refractivity contribution in [1.82, 2.24) is 0 Å². The average Bonchev–Trinajstić information content (AvgIpc) is 2.01.